The molecule has 1 aliphatic carbocycles. The van der Waals surface area contributed by atoms with Gasteiger partial charge < -0.3 is 10.6 Å². The predicted octanol–water partition coefficient (Wildman–Crippen LogP) is 3.64. The van der Waals surface area contributed by atoms with Crippen molar-refractivity contribution in [3.63, 3.8) is 0 Å². The SMILES string of the molecule is Cc1cccc(C(=O)NCCNC2CCCCCC2)c1I. The fraction of sp³-hybridized carbons (Fsp3) is 0.588. The van der Waals surface area contributed by atoms with E-state index >= 15 is 0 Å². The van der Waals surface area contributed by atoms with Crippen LogP contribution in [0.1, 0.15) is 54.4 Å². The maximum atomic E-state index is 12.2. The Morgan fingerprint density at radius 3 is 2.62 bits per heavy atom. The number of benzene rings is 1. The van der Waals surface area contributed by atoms with E-state index in [-0.39, 0.29) is 5.91 Å². The molecular formula is C17H25IN2O. The highest BCUT2D eigenvalue weighted by Gasteiger charge is 2.12. The van der Waals surface area contributed by atoms with Crippen LogP contribution in [-0.4, -0.2) is 25.0 Å². The summed E-state index contributed by atoms with van der Waals surface area (Å²) in [5.74, 6) is 0.0331. The number of amides is 1. The average Bonchev–Trinajstić information content (AvgIpc) is 2.75. The van der Waals surface area contributed by atoms with E-state index in [0.717, 1.165) is 21.2 Å². The Labute approximate surface area is 141 Å². The molecule has 0 aliphatic heterocycles. The zero-order valence-electron chi connectivity index (χ0n) is 12.8. The number of aryl methyl sites for hydroxylation is 1. The van der Waals surface area contributed by atoms with Crippen molar-refractivity contribution in [3.05, 3.63) is 32.9 Å². The summed E-state index contributed by atoms with van der Waals surface area (Å²) in [6.45, 7) is 3.59. The Balaban J connectivity index is 1.73. The number of carbonyl (C=O) groups excluding carboxylic acids is 1. The summed E-state index contributed by atoms with van der Waals surface area (Å²) in [5.41, 5.74) is 1.94. The first-order valence-corrected chi connectivity index (χ1v) is 9.03. The van der Waals surface area contributed by atoms with Crippen LogP contribution in [0.4, 0.5) is 0 Å². The van der Waals surface area contributed by atoms with Gasteiger partial charge in [0.25, 0.3) is 5.91 Å². The fourth-order valence-corrected chi connectivity index (χ4v) is 3.46. The average molecular weight is 400 g/mol. The largest absolute Gasteiger partial charge is 0.351 e. The topological polar surface area (TPSA) is 41.1 Å². The van der Waals surface area contributed by atoms with Crippen molar-refractivity contribution in [3.8, 4) is 0 Å². The van der Waals surface area contributed by atoms with E-state index in [1.54, 1.807) is 0 Å². The Kier molecular flexibility index (Phi) is 6.96. The molecule has 3 nitrogen and oxygen atoms in total. The molecule has 1 aromatic rings. The molecule has 1 fully saturated rings. The molecule has 0 unspecified atom stereocenters. The second-order valence-electron chi connectivity index (χ2n) is 5.83. The van der Waals surface area contributed by atoms with Gasteiger partial charge in [-0.05, 0) is 54.0 Å². The molecule has 0 radical (unpaired) electrons. The van der Waals surface area contributed by atoms with Gasteiger partial charge >= 0.3 is 0 Å². The van der Waals surface area contributed by atoms with Crippen molar-refractivity contribution in [2.75, 3.05) is 13.1 Å². The summed E-state index contributed by atoms with van der Waals surface area (Å²) in [4.78, 5) is 12.2. The van der Waals surface area contributed by atoms with Gasteiger partial charge in [-0.1, -0.05) is 37.8 Å². The van der Waals surface area contributed by atoms with Gasteiger partial charge in [0.1, 0.15) is 0 Å². The van der Waals surface area contributed by atoms with Crippen molar-refractivity contribution in [1.29, 1.82) is 0 Å². The third kappa shape index (κ3) is 5.25. The molecule has 1 amide bonds. The zero-order chi connectivity index (χ0) is 15.1. The van der Waals surface area contributed by atoms with Gasteiger partial charge in [0.2, 0.25) is 0 Å². The summed E-state index contributed by atoms with van der Waals surface area (Å²) < 4.78 is 1.05. The molecule has 2 rings (SSSR count). The van der Waals surface area contributed by atoms with E-state index in [1.165, 1.54) is 38.5 Å². The third-order valence-corrected chi connectivity index (χ3v) is 5.57. The van der Waals surface area contributed by atoms with Crippen LogP contribution in [0, 0.1) is 10.5 Å². The quantitative estimate of drug-likeness (QED) is 0.450. The second kappa shape index (κ2) is 8.73. The monoisotopic (exact) mass is 400 g/mol. The highest BCUT2D eigenvalue weighted by Crippen LogP contribution is 2.17. The molecule has 0 spiro atoms. The van der Waals surface area contributed by atoms with Crippen molar-refractivity contribution in [1.82, 2.24) is 10.6 Å². The van der Waals surface area contributed by atoms with Gasteiger partial charge in [0.15, 0.2) is 0 Å². The molecule has 21 heavy (non-hydrogen) atoms. The molecule has 0 atom stereocenters. The van der Waals surface area contributed by atoms with E-state index < -0.39 is 0 Å². The number of hydrogen-bond acceptors (Lipinski definition) is 2. The first-order chi connectivity index (χ1) is 10.2. The summed E-state index contributed by atoms with van der Waals surface area (Å²) in [7, 11) is 0. The normalized spacial score (nSPS) is 16.5. The maximum Gasteiger partial charge on any atom is 0.252 e. The smallest absolute Gasteiger partial charge is 0.252 e. The molecule has 0 aromatic heterocycles. The van der Waals surface area contributed by atoms with Crippen LogP contribution >= 0.6 is 22.6 Å². The van der Waals surface area contributed by atoms with Crippen molar-refractivity contribution >= 4 is 28.5 Å². The number of carbonyl (C=O) groups is 1. The molecule has 1 saturated carbocycles. The minimum absolute atomic E-state index is 0.0331. The molecule has 1 aliphatic rings. The Hall–Kier alpha value is -0.620. The minimum Gasteiger partial charge on any atom is -0.351 e. The van der Waals surface area contributed by atoms with Crippen molar-refractivity contribution < 1.29 is 4.79 Å². The summed E-state index contributed by atoms with van der Waals surface area (Å²) in [6, 6.07) is 6.51. The lowest BCUT2D eigenvalue weighted by molar-refractivity contribution is 0.0952. The standard InChI is InChI=1S/C17H25IN2O/c1-13-7-6-10-15(16(13)18)17(21)20-12-11-19-14-8-4-2-3-5-9-14/h6-7,10,14,19H,2-5,8-9,11-12H2,1H3,(H,20,21). The molecule has 116 valence electrons. The number of rotatable bonds is 5. The van der Waals surface area contributed by atoms with E-state index in [4.69, 9.17) is 0 Å². The summed E-state index contributed by atoms with van der Waals surface area (Å²) >= 11 is 2.24. The molecular weight excluding hydrogens is 375 g/mol. The van der Waals surface area contributed by atoms with Crippen molar-refractivity contribution in [2.45, 2.75) is 51.5 Å². The summed E-state index contributed by atoms with van der Waals surface area (Å²) in [5, 5.41) is 6.59. The maximum absolute atomic E-state index is 12.2. The highest BCUT2D eigenvalue weighted by atomic mass is 127. The van der Waals surface area contributed by atoms with Gasteiger partial charge in [-0.2, -0.15) is 0 Å². The summed E-state index contributed by atoms with van der Waals surface area (Å²) in [6.07, 6.45) is 7.99. The minimum atomic E-state index is 0.0331. The third-order valence-electron chi connectivity index (χ3n) is 4.14. The molecule has 2 N–H and O–H groups in total. The van der Waals surface area contributed by atoms with Crippen LogP contribution in [0.2, 0.25) is 0 Å². The zero-order valence-corrected chi connectivity index (χ0v) is 14.9. The van der Waals surface area contributed by atoms with Gasteiger partial charge in [-0.25, -0.2) is 0 Å². The lowest BCUT2D eigenvalue weighted by Gasteiger charge is -2.16. The van der Waals surface area contributed by atoms with Crippen LogP contribution in [0.5, 0.6) is 0 Å². The van der Waals surface area contributed by atoms with Crippen LogP contribution in [0.3, 0.4) is 0 Å². The Bertz CT molecular complexity index is 468. The first kappa shape index (κ1) is 16.7. The Morgan fingerprint density at radius 1 is 1.19 bits per heavy atom. The van der Waals surface area contributed by atoms with E-state index in [2.05, 4.69) is 33.2 Å². The van der Waals surface area contributed by atoms with E-state index in [0.29, 0.717) is 12.6 Å². The predicted molar refractivity (Wildman–Crippen MR) is 95.7 cm³/mol. The fourth-order valence-electron chi connectivity index (χ4n) is 2.85. The van der Waals surface area contributed by atoms with Gasteiger partial charge in [0, 0.05) is 22.7 Å². The molecule has 0 heterocycles. The number of hydrogen-bond donors (Lipinski definition) is 2. The van der Waals surface area contributed by atoms with E-state index in [9.17, 15) is 4.79 Å². The van der Waals surface area contributed by atoms with Gasteiger partial charge in [-0.15, -0.1) is 0 Å². The van der Waals surface area contributed by atoms with Crippen LogP contribution in [0.25, 0.3) is 0 Å². The molecule has 4 heteroatoms. The van der Waals surface area contributed by atoms with Crippen LogP contribution in [-0.2, 0) is 0 Å². The molecule has 0 bridgehead atoms. The molecule has 1 aromatic carbocycles. The van der Waals surface area contributed by atoms with Crippen LogP contribution < -0.4 is 10.6 Å². The Morgan fingerprint density at radius 2 is 1.90 bits per heavy atom. The van der Waals surface area contributed by atoms with Crippen molar-refractivity contribution in [2.24, 2.45) is 0 Å². The first-order valence-electron chi connectivity index (χ1n) is 7.95. The molecule has 0 saturated heterocycles. The highest BCUT2D eigenvalue weighted by molar-refractivity contribution is 14.1. The lowest BCUT2D eigenvalue weighted by atomic mass is 10.1. The van der Waals surface area contributed by atoms with Gasteiger partial charge in [0.05, 0.1) is 5.56 Å². The van der Waals surface area contributed by atoms with E-state index in [1.807, 2.05) is 25.1 Å². The van der Waals surface area contributed by atoms with Crippen LogP contribution in [0.15, 0.2) is 18.2 Å². The number of nitrogens with one attached hydrogen (secondary N) is 2. The number of halogens is 1. The second-order valence-corrected chi connectivity index (χ2v) is 6.91. The van der Waals surface area contributed by atoms with Gasteiger partial charge in [-0.3, -0.25) is 4.79 Å². The lowest BCUT2D eigenvalue weighted by Crippen LogP contribution is -2.37.